The van der Waals surface area contributed by atoms with Gasteiger partial charge in [0.15, 0.2) is 0 Å². The van der Waals surface area contributed by atoms with Crippen LogP contribution in [0.15, 0.2) is 12.2 Å². The third-order valence-corrected chi connectivity index (χ3v) is 6.13. The lowest BCUT2D eigenvalue weighted by molar-refractivity contribution is 0.611. The Morgan fingerprint density at radius 3 is 1.57 bits per heavy atom. The smallest absolute Gasteiger partial charge is 0.00979 e. The van der Waals surface area contributed by atoms with Gasteiger partial charge >= 0.3 is 0 Å². The Hall–Kier alpha value is 0.520. The topological polar surface area (TPSA) is 0 Å². The number of hydrogen-bond donors (Lipinski definition) is 1. The Morgan fingerprint density at radius 1 is 0.652 bits per heavy atom. The van der Waals surface area contributed by atoms with Gasteiger partial charge in [-0.2, -0.15) is 12.6 Å². The molecule has 0 nitrogen and oxygen atoms in total. The van der Waals surface area contributed by atoms with Crippen LogP contribution in [0.5, 0.6) is 0 Å². The quantitative estimate of drug-likeness (QED) is 0.123. The molecule has 0 aliphatic carbocycles. The third-order valence-electron chi connectivity index (χ3n) is 4.15. The third kappa shape index (κ3) is 22.5. The summed E-state index contributed by atoms with van der Waals surface area (Å²) >= 11 is 4.25. The average molecular weight is 359 g/mol. The van der Waals surface area contributed by atoms with Crippen molar-refractivity contribution in [2.45, 2.75) is 109 Å². The zero-order chi connectivity index (χ0) is 17.2. The van der Waals surface area contributed by atoms with Crippen molar-refractivity contribution in [3.63, 3.8) is 0 Å². The van der Waals surface area contributed by atoms with Crippen LogP contribution in [-0.4, -0.2) is 17.1 Å². The summed E-state index contributed by atoms with van der Waals surface area (Å²) in [6.07, 6.45) is 24.3. The highest BCUT2D eigenvalue weighted by atomic mass is 32.1. The van der Waals surface area contributed by atoms with E-state index in [-0.39, 0.29) is 0 Å². The second kappa shape index (κ2) is 17.3. The second-order valence-corrected chi connectivity index (χ2v) is 10.6. The van der Waals surface area contributed by atoms with Gasteiger partial charge in [0.1, 0.15) is 0 Å². The fourth-order valence-electron chi connectivity index (χ4n) is 2.70. The maximum Gasteiger partial charge on any atom is -0.00979 e. The molecule has 0 heterocycles. The first-order valence-corrected chi connectivity index (χ1v) is 11.9. The van der Waals surface area contributed by atoms with Crippen LogP contribution in [0, 0.1) is 0 Å². The Bertz CT molecular complexity index is 255. The number of allylic oxidation sites excluding steroid dienone is 2. The Labute approximate surface area is 154 Å². The van der Waals surface area contributed by atoms with E-state index in [1.54, 1.807) is 0 Å². The summed E-state index contributed by atoms with van der Waals surface area (Å²) in [5.41, 5.74) is 0. The molecule has 0 saturated heterocycles. The highest BCUT2D eigenvalue weighted by molar-refractivity contribution is 7.80. The van der Waals surface area contributed by atoms with Crippen molar-refractivity contribution in [1.29, 1.82) is 0 Å². The average Bonchev–Trinajstić information content (AvgIpc) is 2.49. The summed E-state index contributed by atoms with van der Waals surface area (Å²) in [5, 5.41) is 0.554. The number of unbranched alkanes of at least 4 members (excludes halogenated alkanes) is 11. The van der Waals surface area contributed by atoms with Crippen LogP contribution in [0.4, 0.5) is 0 Å². The van der Waals surface area contributed by atoms with E-state index < -0.39 is 0 Å². The van der Waals surface area contributed by atoms with Gasteiger partial charge in [0.25, 0.3) is 0 Å². The molecule has 0 spiro atoms. The molecule has 0 aromatic rings. The zero-order valence-electron chi connectivity index (χ0n) is 16.2. The lowest BCUT2D eigenvalue weighted by Gasteiger charge is -2.17. The molecule has 1 unspecified atom stereocenters. The molecule has 138 valence electrons. The van der Waals surface area contributed by atoms with Gasteiger partial charge in [-0.05, 0) is 55.6 Å². The lowest BCUT2D eigenvalue weighted by Crippen LogP contribution is -2.05. The van der Waals surface area contributed by atoms with Crippen molar-refractivity contribution >= 4 is 21.2 Å². The molecule has 0 aliphatic heterocycles. The summed E-state index contributed by atoms with van der Waals surface area (Å²) < 4.78 is 0. The monoisotopic (exact) mass is 358 g/mol. The summed E-state index contributed by atoms with van der Waals surface area (Å²) in [7, 11) is 1.14. The molecule has 0 amide bonds. The first-order chi connectivity index (χ1) is 11.1. The number of thiol groups is 1. The summed E-state index contributed by atoms with van der Waals surface area (Å²) in [6, 6.07) is 0. The molecule has 0 aliphatic rings. The standard InChI is InChI=1S/C21H43PS/c1-21(2,3)22-19-17-15-13-11-9-7-5-4-6-8-10-12-14-16-18-20-23/h4,6,22-23H,5,7-20H2,1-3H3/b6-4-. The predicted octanol–water partition coefficient (Wildman–Crippen LogP) is 8.02. The molecule has 2 heteroatoms. The van der Waals surface area contributed by atoms with Gasteiger partial charge in [0.05, 0.1) is 0 Å². The van der Waals surface area contributed by atoms with Crippen molar-refractivity contribution in [2.24, 2.45) is 0 Å². The molecule has 0 radical (unpaired) electrons. The molecule has 0 aromatic heterocycles. The Kier molecular flexibility index (Phi) is 17.7. The van der Waals surface area contributed by atoms with Crippen molar-refractivity contribution in [2.75, 3.05) is 11.9 Å². The molecule has 0 aromatic carbocycles. The SMILES string of the molecule is CC(C)(C)PCCCCCCCC/C=C\CCCCCCCS. The van der Waals surface area contributed by atoms with E-state index in [0.29, 0.717) is 5.16 Å². The minimum Gasteiger partial charge on any atom is -0.179 e. The fourth-order valence-corrected chi connectivity index (χ4v) is 4.10. The lowest BCUT2D eigenvalue weighted by atomic mass is 10.1. The van der Waals surface area contributed by atoms with Crippen molar-refractivity contribution in [1.82, 2.24) is 0 Å². The van der Waals surface area contributed by atoms with Crippen LogP contribution in [0.1, 0.15) is 104 Å². The van der Waals surface area contributed by atoms with Crippen molar-refractivity contribution < 1.29 is 0 Å². The number of hydrogen-bond acceptors (Lipinski definition) is 1. The molecule has 0 N–H and O–H groups in total. The number of rotatable bonds is 16. The Morgan fingerprint density at radius 2 is 1.09 bits per heavy atom. The largest absolute Gasteiger partial charge is 0.179 e. The van der Waals surface area contributed by atoms with E-state index in [9.17, 15) is 0 Å². The van der Waals surface area contributed by atoms with Gasteiger partial charge in [0, 0.05) is 0 Å². The van der Waals surface area contributed by atoms with Crippen LogP contribution < -0.4 is 0 Å². The van der Waals surface area contributed by atoms with Crippen LogP contribution in [0.2, 0.25) is 0 Å². The normalized spacial score (nSPS) is 12.9. The highest BCUT2D eigenvalue weighted by Gasteiger charge is 2.08. The highest BCUT2D eigenvalue weighted by Crippen LogP contribution is 2.31. The Balaban J connectivity index is 3.11. The van der Waals surface area contributed by atoms with E-state index in [0.717, 1.165) is 14.3 Å². The molecule has 0 rings (SSSR count). The van der Waals surface area contributed by atoms with E-state index in [4.69, 9.17) is 0 Å². The van der Waals surface area contributed by atoms with Crippen molar-refractivity contribution in [3.05, 3.63) is 12.2 Å². The fraction of sp³-hybridized carbons (Fsp3) is 0.905. The van der Waals surface area contributed by atoms with E-state index in [2.05, 4.69) is 45.6 Å². The van der Waals surface area contributed by atoms with Gasteiger partial charge in [-0.1, -0.05) is 77.9 Å². The molecule has 0 fully saturated rings. The van der Waals surface area contributed by atoms with Gasteiger partial charge in [-0.25, -0.2) is 0 Å². The van der Waals surface area contributed by atoms with E-state index in [1.165, 1.54) is 89.6 Å². The molecular formula is C21H43PS. The minimum absolute atomic E-state index is 0.554. The molecule has 23 heavy (non-hydrogen) atoms. The maximum atomic E-state index is 4.25. The maximum absolute atomic E-state index is 4.25. The molecule has 0 bridgehead atoms. The first-order valence-electron chi connectivity index (χ1n) is 10.1. The summed E-state index contributed by atoms with van der Waals surface area (Å²) in [5.74, 6) is 1.05. The summed E-state index contributed by atoms with van der Waals surface area (Å²) in [6.45, 7) is 7.09. The first kappa shape index (κ1) is 23.5. The zero-order valence-corrected chi connectivity index (χ0v) is 18.1. The molecular weight excluding hydrogens is 315 g/mol. The van der Waals surface area contributed by atoms with Crippen LogP contribution in [0.3, 0.4) is 0 Å². The van der Waals surface area contributed by atoms with Gasteiger partial charge in [-0.3, -0.25) is 0 Å². The molecule has 1 atom stereocenters. The van der Waals surface area contributed by atoms with Crippen LogP contribution in [-0.2, 0) is 0 Å². The van der Waals surface area contributed by atoms with E-state index >= 15 is 0 Å². The minimum atomic E-state index is 0.554. The summed E-state index contributed by atoms with van der Waals surface area (Å²) in [4.78, 5) is 0. The predicted molar refractivity (Wildman–Crippen MR) is 116 cm³/mol. The second-order valence-electron chi connectivity index (χ2n) is 7.84. The van der Waals surface area contributed by atoms with Gasteiger partial charge in [0.2, 0.25) is 0 Å². The van der Waals surface area contributed by atoms with Crippen LogP contribution >= 0.6 is 21.2 Å². The van der Waals surface area contributed by atoms with Crippen LogP contribution in [0.25, 0.3) is 0 Å². The van der Waals surface area contributed by atoms with Gasteiger partial charge in [-0.15, -0.1) is 8.58 Å². The van der Waals surface area contributed by atoms with Gasteiger partial charge < -0.3 is 0 Å². The van der Waals surface area contributed by atoms with E-state index in [1.807, 2.05) is 0 Å². The molecule has 0 saturated carbocycles. The van der Waals surface area contributed by atoms with Crippen molar-refractivity contribution in [3.8, 4) is 0 Å².